The topological polar surface area (TPSA) is 67.0 Å². The highest BCUT2D eigenvalue weighted by molar-refractivity contribution is 6.05. The van der Waals surface area contributed by atoms with Crippen LogP contribution in [0.2, 0.25) is 0 Å². The Bertz CT molecular complexity index is 718. The molecule has 1 saturated carbocycles. The number of fused-ring (bicyclic) bond motifs is 1. The van der Waals surface area contributed by atoms with Crippen LogP contribution in [0.5, 0.6) is 0 Å². The van der Waals surface area contributed by atoms with Gasteiger partial charge in [0.05, 0.1) is 22.9 Å². The number of aromatic amines is 1. The molecule has 1 aromatic carbocycles. The molecular formula is C17H21N3O2. The molecule has 2 aromatic rings. The summed E-state index contributed by atoms with van der Waals surface area (Å²) >= 11 is 0. The van der Waals surface area contributed by atoms with Crippen molar-refractivity contribution in [1.82, 2.24) is 15.5 Å². The molecule has 2 N–H and O–H groups in total. The molecule has 4 rings (SSSR count). The van der Waals surface area contributed by atoms with Crippen molar-refractivity contribution in [2.45, 2.75) is 50.7 Å². The van der Waals surface area contributed by atoms with E-state index >= 15 is 0 Å². The third-order valence-corrected chi connectivity index (χ3v) is 5.03. The number of hydrogen-bond donors (Lipinski definition) is 2. The van der Waals surface area contributed by atoms with E-state index in [1.165, 1.54) is 6.42 Å². The average molecular weight is 299 g/mol. The predicted octanol–water partition coefficient (Wildman–Crippen LogP) is 2.70. The van der Waals surface area contributed by atoms with Gasteiger partial charge in [-0.1, -0.05) is 0 Å². The number of hydrogen-bond acceptors (Lipinski definition) is 3. The molecule has 0 radical (unpaired) electrons. The summed E-state index contributed by atoms with van der Waals surface area (Å²) in [5.41, 5.74) is 2.61. The van der Waals surface area contributed by atoms with Gasteiger partial charge in [-0.25, -0.2) is 0 Å². The molecule has 5 nitrogen and oxygen atoms in total. The second kappa shape index (κ2) is 5.09. The third kappa shape index (κ3) is 2.29. The van der Waals surface area contributed by atoms with E-state index < -0.39 is 0 Å². The number of benzene rings is 1. The highest BCUT2D eigenvalue weighted by Gasteiger charge is 2.42. The van der Waals surface area contributed by atoms with Crippen molar-refractivity contribution in [1.29, 1.82) is 0 Å². The standard InChI is InChI=1S/C17H21N3O2/c1-11-7-12-10-18-20-15(12)14(8-11)16(21)19-13-3-6-22-17(9-13)4-2-5-17/h7-8,10,13H,2-6,9H2,1H3,(H,18,20)(H,19,21). The van der Waals surface area contributed by atoms with Crippen molar-refractivity contribution in [3.8, 4) is 0 Å². The van der Waals surface area contributed by atoms with Crippen molar-refractivity contribution < 1.29 is 9.53 Å². The summed E-state index contributed by atoms with van der Waals surface area (Å²) in [5, 5.41) is 11.2. The van der Waals surface area contributed by atoms with E-state index in [1.807, 2.05) is 19.1 Å². The van der Waals surface area contributed by atoms with Gasteiger partial charge in [0.25, 0.3) is 5.91 Å². The molecule has 1 aliphatic carbocycles. The Hall–Kier alpha value is -1.88. The number of aryl methyl sites for hydroxylation is 1. The maximum absolute atomic E-state index is 12.7. The minimum Gasteiger partial charge on any atom is -0.375 e. The number of aromatic nitrogens is 2. The first-order valence-electron chi connectivity index (χ1n) is 8.04. The Morgan fingerprint density at radius 2 is 2.32 bits per heavy atom. The number of nitrogens with one attached hydrogen (secondary N) is 2. The van der Waals surface area contributed by atoms with E-state index in [4.69, 9.17) is 4.74 Å². The predicted molar refractivity (Wildman–Crippen MR) is 83.9 cm³/mol. The van der Waals surface area contributed by atoms with Crippen LogP contribution in [-0.4, -0.2) is 34.4 Å². The lowest BCUT2D eigenvalue weighted by Crippen LogP contribution is -2.52. The van der Waals surface area contributed by atoms with Crippen molar-refractivity contribution in [2.75, 3.05) is 6.61 Å². The zero-order chi connectivity index (χ0) is 15.2. The second-order valence-electron chi connectivity index (χ2n) is 6.69. The third-order valence-electron chi connectivity index (χ3n) is 5.03. The minimum atomic E-state index is -0.0145. The van der Waals surface area contributed by atoms with E-state index in [1.54, 1.807) is 6.20 Å². The van der Waals surface area contributed by atoms with Crippen LogP contribution in [0.25, 0.3) is 10.9 Å². The number of amides is 1. The van der Waals surface area contributed by atoms with Gasteiger partial charge in [0, 0.05) is 18.0 Å². The van der Waals surface area contributed by atoms with E-state index in [2.05, 4.69) is 15.5 Å². The molecule has 1 spiro atoms. The van der Waals surface area contributed by atoms with Gasteiger partial charge < -0.3 is 10.1 Å². The van der Waals surface area contributed by atoms with Crippen LogP contribution < -0.4 is 5.32 Å². The van der Waals surface area contributed by atoms with Crippen LogP contribution >= 0.6 is 0 Å². The number of carbonyl (C=O) groups excluding carboxylic acids is 1. The Morgan fingerprint density at radius 1 is 1.45 bits per heavy atom. The monoisotopic (exact) mass is 299 g/mol. The highest BCUT2D eigenvalue weighted by Crippen LogP contribution is 2.42. The molecule has 116 valence electrons. The van der Waals surface area contributed by atoms with Crippen molar-refractivity contribution in [3.05, 3.63) is 29.5 Å². The zero-order valence-electron chi connectivity index (χ0n) is 12.8. The van der Waals surface area contributed by atoms with Gasteiger partial charge in [0.15, 0.2) is 0 Å². The molecule has 1 aromatic heterocycles. The fourth-order valence-corrected chi connectivity index (χ4v) is 3.72. The number of carbonyl (C=O) groups is 1. The summed E-state index contributed by atoms with van der Waals surface area (Å²) in [7, 11) is 0. The van der Waals surface area contributed by atoms with E-state index in [-0.39, 0.29) is 17.6 Å². The molecule has 1 unspecified atom stereocenters. The van der Waals surface area contributed by atoms with Crippen LogP contribution in [0.1, 0.15) is 48.0 Å². The van der Waals surface area contributed by atoms with Crippen molar-refractivity contribution in [2.24, 2.45) is 0 Å². The summed E-state index contributed by atoms with van der Waals surface area (Å²) in [6.45, 7) is 2.75. The van der Waals surface area contributed by atoms with E-state index in [9.17, 15) is 4.79 Å². The fraction of sp³-hybridized carbons (Fsp3) is 0.529. The van der Waals surface area contributed by atoms with E-state index in [0.29, 0.717) is 5.56 Å². The average Bonchev–Trinajstić information content (AvgIpc) is 2.93. The van der Waals surface area contributed by atoms with Gasteiger partial charge in [-0.15, -0.1) is 0 Å². The van der Waals surface area contributed by atoms with Gasteiger partial charge in [0.1, 0.15) is 0 Å². The summed E-state index contributed by atoms with van der Waals surface area (Å²) in [6, 6.07) is 4.17. The number of rotatable bonds is 2. The Kier molecular flexibility index (Phi) is 3.18. The van der Waals surface area contributed by atoms with Gasteiger partial charge in [-0.3, -0.25) is 9.89 Å². The molecular weight excluding hydrogens is 278 g/mol. The molecule has 22 heavy (non-hydrogen) atoms. The fourth-order valence-electron chi connectivity index (χ4n) is 3.72. The maximum atomic E-state index is 12.7. The Balaban J connectivity index is 1.55. The minimum absolute atomic E-state index is 0.0145. The smallest absolute Gasteiger partial charge is 0.253 e. The van der Waals surface area contributed by atoms with Crippen LogP contribution in [0, 0.1) is 6.92 Å². The number of nitrogens with zero attached hydrogens (tertiary/aromatic N) is 1. The Morgan fingerprint density at radius 3 is 3.09 bits per heavy atom. The lowest BCUT2D eigenvalue weighted by atomic mass is 9.74. The second-order valence-corrected chi connectivity index (χ2v) is 6.69. The molecule has 1 saturated heterocycles. The first-order valence-corrected chi connectivity index (χ1v) is 8.04. The van der Waals surface area contributed by atoms with Crippen LogP contribution in [0.15, 0.2) is 18.3 Å². The van der Waals surface area contributed by atoms with Crippen molar-refractivity contribution >= 4 is 16.8 Å². The molecule has 1 aliphatic heterocycles. The molecule has 2 heterocycles. The SMILES string of the molecule is Cc1cc(C(=O)NC2CCOC3(CCC3)C2)c2[nH]ncc2c1. The van der Waals surface area contributed by atoms with E-state index in [0.717, 1.165) is 48.8 Å². The largest absolute Gasteiger partial charge is 0.375 e. The normalized spacial score (nSPS) is 23.4. The molecule has 2 aliphatic rings. The van der Waals surface area contributed by atoms with Gasteiger partial charge in [0.2, 0.25) is 0 Å². The lowest BCUT2D eigenvalue weighted by Gasteiger charge is -2.47. The van der Waals surface area contributed by atoms with Gasteiger partial charge >= 0.3 is 0 Å². The highest BCUT2D eigenvalue weighted by atomic mass is 16.5. The first kappa shape index (κ1) is 13.8. The number of ether oxygens (including phenoxy) is 1. The molecule has 1 atom stereocenters. The number of H-pyrrole nitrogens is 1. The summed E-state index contributed by atoms with van der Waals surface area (Å²) in [6.07, 6.45) is 7.11. The quantitative estimate of drug-likeness (QED) is 0.896. The van der Waals surface area contributed by atoms with Crippen LogP contribution in [0.4, 0.5) is 0 Å². The molecule has 5 heteroatoms. The van der Waals surface area contributed by atoms with Gasteiger partial charge in [-0.2, -0.15) is 5.10 Å². The maximum Gasteiger partial charge on any atom is 0.253 e. The van der Waals surface area contributed by atoms with Crippen LogP contribution in [-0.2, 0) is 4.74 Å². The molecule has 2 fully saturated rings. The van der Waals surface area contributed by atoms with Gasteiger partial charge in [-0.05, 0) is 56.7 Å². The zero-order valence-corrected chi connectivity index (χ0v) is 12.8. The summed E-state index contributed by atoms with van der Waals surface area (Å²) in [4.78, 5) is 12.7. The Labute approximate surface area is 129 Å². The molecule has 1 amide bonds. The summed E-state index contributed by atoms with van der Waals surface area (Å²) < 4.78 is 5.93. The summed E-state index contributed by atoms with van der Waals surface area (Å²) in [5.74, 6) is -0.0145. The van der Waals surface area contributed by atoms with Crippen LogP contribution in [0.3, 0.4) is 0 Å². The molecule has 0 bridgehead atoms. The first-order chi connectivity index (χ1) is 10.7. The lowest BCUT2D eigenvalue weighted by molar-refractivity contribution is -0.134. The van der Waals surface area contributed by atoms with Crippen molar-refractivity contribution in [3.63, 3.8) is 0 Å².